The number of carbonyl (C=O) groups is 3. The number of rotatable bonds is 11. The van der Waals surface area contributed by atoms with Crippen LogP contribution < -0.4 is 0 Å². The van der Waals surface area contributed by atoms with E-state index in [1.165, 1.54) is 0 Å². The van der Waals surface area contributed by atoms with Crippen molar-refractivity contribution in [3.05, 3.63) is 11.3 Å². The highest BCUT2D eigenvalue weighted by Gasteiger charge is 2.64. The summed E-state index contributed by atoms with van der Waals surface area (Å²) in [5, 5.41) is 64.3. The molecule has 0 radical (unpaired) electrons. The second kappa shape index (κ2) is 16.3. The molecule has 6 N–H and O–H groups in total. The van der Waals surface area contributed by atoms with Gasteiger partial charge < -0.3 is 54.3 Å². The minimum absolute atomic E-state index is 0.0458. The first-order valence-corrected chi connectivity index (χ1v) is 20.5. The van der Waals surface area contributed by atoms with Crippen LogP contribution in [0.5, 0.6) is 0 Å². The monoisotopic (exact) mass is 780 g/mol. The summed E-state index contributed by atoms with van der Waals surface area (Å²) in [6.45, 7) is 12.2. The number of esters is 1. The summed E-state index contributed by atoms with van der Waals surface area (Å²) in [5.74, 6) is -0.861. The molecule has 3 saturated carbocycles. The fourth-order valence-corrected chi connectivity index (χ4v) is 12.0. The second-order valence-electron chi connectivity index (χ2n) is 18.3. The van der Waals surface area contributed by atoms with Gasteiger partial charge in [-0.3, -0.25) is 9.59 Å². The Morgan fingerprint density at radius 1 is 0.909 bits per heavy atom. The lowest BCUT2D eigenvalue weighted by Gasteiger charge is -2.60. The number of fused-ring (bicyclic) bond motifs is 5. The second-order valence-corrected chi connectivity index (χ2v) is 18.3. The van der Waals surface area contributed by atoms with Gasteiger partial charge in [-0.2, -0.15) is 0 Å². The van der Waals surface area contributed by atoms with Crippen molar-refractivity contribution in [1.82, 2.24) is 0 Å². The summed E-state index contributed by atoms with van der Waals surface area (Å²) in [4.78, 5) is 40.1. The molecule has 0 aromatic carbocycles. The molecular formula is C41H64O14. The number of hydrogen-bond acceptors (Lipinski definition) is 14. The van der Waals surface area contributed by atoms with E-state index in [-0.39, 0.29) is 76.9 Å². The van der Waals surface area contributed by atoms with Gasteiger partial charge in [-0.05, 0) is 91.9 Å². The highest BCUT2D eigenvalue weighted by atomic mass is 16.7. The molecule has 14 heteroatoms. The number of carbonyl (C=O) groups excluding carboxylic acids is 3. The Morgan fingerprint density at radius 2 is 1.62 bits per heavy atom. The number of ether oxygens (including phenoxy) is 5. The third kappa shape index (κ3) is 7.46. The minimum atomic E-state index is -1.74. The molecule has 0 bridgehead atoms. The maximum atomic E-state index is 14.0. The van der Waals surface area contributed by atoms with E-state index in [9.17, 15) is 45.0 Å². The van der Waals surface area contributed by atoms with Crippen LogP contribution in [0, 0.1) is 52.3 Å². The fourth-order valence-electron chi connectivity index (χ4n) is 12.0. The summed E-state index contributed by atoms with van der Waals surface area (Å²) in [6, 6.07) is 0. The molecule has 6 aliphatic rings. The number of aliphatic hydroxyl groups is 6. The molecule has 0 aromatic heterocycles. The summed E-state index contributed by atoms with van der Waals surface area (Å²) in [7, 11) is 1.13. The Kier molecular flexibility index (Phi) is 12.6. The van der Waals surface area contributed by atoms with E-state index >= 15 is 0 Å². The van der Waals surface area contributed by atoms with Gasteiger partial charge in [-0.25, -0.2) is 4.79 Å². The number of methoxy groups -OCH3 is 1. The number of ketones is 2. The van der Waals surface area contributed by atoms with Gasteiger partial charge in [0, 0.05) is 23.7 Å². The van der Waals surface area contributed by atoms with Gasteiger partial charge in [0.25, 0.3) is 0 Å². The van der Waals surface area contributed by atoms with Gasteiger partial charge in [0.1, 0.15) is 42.4 Å². The van der Waals surface area contributed by atoms with Crippen LogP contribution in [-0.2, 0) is 38.1 Å². The number of Topliss-reactive ketones (excluding diaryl/α,β-unsaturated/α-hetero) is 2. The largest absolute Gasteiger partial charge is 0.504 e. The Morgan fingerprint density at radius 3 is 2.27 bits per heavy atom. The first-order valence-electron chi connectivity index (χ1n) is 20.5. The van der Waals surface area contributed by atoms with Crippen molar-refractivity contribution in [2.45, 2.75) is 161 Å². The molecule has 5 fully saturated rings. The molecule has 18 atom stereocenters. The molecule has 2 heterocycles. The van der Waals surface area contributed by atoms with Crippen molar-refractivity contribution in [2.24, 2.45) is 52.3 Å². The predicted octanol–water partition coefficient (Wildman–Crippen LogP) is 2.74. The van der Waals surface area contributed by atoms with Crippen LogP contribution in [0.25, 0.3) is 0 Å². The normalized spacial score (nSPS) is 45.7. The molecule has 2 aliphatic heterocycles. The standard InChI is InChI=1S/C41H64O14/c1-8-22(18(2)3)25(42)15-19(4)27-30(45)31(46)28-23-10-9-20-16-21(11-13-40(20,5)24(23)12-14-41(27,28)6)53-39-34(49)35(33(48)36(55-39)37(50)51-7)54-38-32(47)29(44)26(43)17-52-38/h18-24,26,28-29,32-36,38-39,43-45,47-49H,8-17H2,1-7H3. The number of hydrogen-bond donors (Lipinski definition) is 6. The molecule has 4 aliphatic carbocycles. The highest BCUT2D eigenvalue weighted by molar-refractivity contribution is 6.00. The predicted molar refractivity (Wildman–Crippen MR) is 195 cm³/mol. The lowest BCUT2D eigenvalue weighted by molar-refractivity contribution is -0.351. The van der Waals surface area contributed by atoms with Gasteiger partial charge in [0.15, 0.2) is 24.4 Å². The van der Waals surface area contributed by atoms with Crippen LogP contribution in [0.2, 0.25) is 0 Å². The van der Waals surface area contributed by atoms with Gasteiger partial charge >= 0.3 is 5.97 Å². The molecule has 14 nitrogen and oxygen atoms in total. The summed E-state index contributed by atoms with van der Waals surface area (Å²) in [5.41, 5.74) is 0.146. The smallest absolute Gasteiger partial charge is 0.337 e. The number of aliphatic hydroxyl groups excluding tert-OH is 6. The summed E-state index contributed by atoms with van der Waals surface area (Å²) < 4.78 is 28.1. The van der Waals surface area contributed by atoms with E-state index < -0.39 is 66.7 Å². The van der Waals surface area contributed by atoms with Crippen LogP contribution in [0.15, 0.2) is 11.3 Å². The number of allylic oxidation sites excluding steroid dienone is 2. The minimum Gasteiger partial charge on any atom is -0.504 e. The molecule has 55 heavy (non-hydrogen) atoms. The Hall–Kier alpha value is -2.01. The van der Waals surface area contributed by atoms with E-state index in [0.29, 0.717) is 19.3 Å². The topological polar surface area (TPSA) is 219 Å². The zero-order valence-corrected chi connectivity index (χ0v) is 33.3. The van der Waals surface area contributed by atoms with E-state index in [2.05, 4.69) is 27.7 Å². The fraction of sp³-hybridized carbons (Fsp3) is 0.878. The lowest BCUT2D eigenvalue weighted by Crippen LogP contribution is -2.64. The Balaban J connectivity index is 1.14. The van der Waals surface area contributed by atoms with E-state index in [1.807, 2.05) is 13.8 Å². The van der Waals surface area contributed by atoms with E-state index in [0.717, 1.165) is 51.2 Å². The average molecular weight is 781 g/mol. The van der Waals surface area contributed by atoms with Crippen molar-refractivity contribution in [1.29, 1.82) is 0 Å². The average Bonchev–Trinajstić information content (AvgIpc) is 3.34. The molecule has 0 aromatic rings. The Bertz CT molecular complexity index is 1470. The third-order valence-corrected chi connectivity index (χ3v) is 14.9. The quantitative estimate of drug-likeness (QED) is 0.131. The molecule has 18 unspecified atom stereocenters. The maximum Gasteiger partial charge on any atom is 0.337 e. The molecule has 0 amide bonds. The van der Waals surface area contributed by atoms with Crippen molar-refractivity contribution < 1.29 is 68.7 Å². The summed E-state index contributed by atoms with van der Waals surface area (Å²) >= 11 is 0. The van der Waals surface area contributed by atoms with Crippen LogP contribution in [0.1, 0.15) is 99.3 Å². The molecule has 0 spiro atoms. The van der Waals surface area contributed by atoms with Crippen molar-refractivity contribution in [3.63, 3.8) is 0 Å². The van der Waals surface area contributed by atoms with Gasteiger partial charge in [-0.15, -0.1) is 0 Å². The third-order valence-electron chi connectivity index (χ3n) is 14.9. The molecule has 312 valence electrons. The van der Waals surface area contributed by atoms with Crippen LogP contribution in [0.3, 0.4) is 0 Å². The zero-order valence-electron chi connectivity index (χ0n) is 33.3. The van der Waals surface area contributed by atoms with E-state index in [4.69, 9.17) is 23.7 Å². The first kappa shape index (κ1) is 42.6. The lowest BCUT2D eigenvalue weighted by atomic mass is 9.44. The van der Waals surface area contributed by atoms with Crippen molar-refractivity contribution in [3.8, 4) is 0 Å². The zero-order chi connectivity index (χ0) is 40.3. The highest BCUT2D eigenvalue weighted by Crippen LogP contribution is 2.67. The SMILES string of the molecule is CCC(C(=O)CC(C)C1=C(O)C(=O)C2C3CCC4CC(OC5OC(C(=O)OC)C(O)C(OC6OCC(O)C(O)C6O)C5O)CCC4(C)C3CCC12C)C(C)C. The van der Waals surface area contributed by atoms with Crippen LogP contribution in [-0.4, -0.2) is 123 Å². The Labute approximate surface area is 323 Å². The van der Waals surface area contributed by atoms with Gasteiger partial charge in [0.2, 0.25) is 5.78 Å². The van der Waals surface area contributed by atoms with Crippen molar-refractivity contribution in [2.75, 3.05) is 13.7 Å². The first-order chi connectivity index (χ1) is 25.9. The molecule has 6 rings (SSSR count). The molecule has 2 saturated heterocycles. The van der Waals surface area contributed by atoms with Crippen LogP contribution >= 0.6 is 0 Å². The van der Waals surface area contributed by atoms with Crippen molar-refractivity contribution >= 4 is 17.5 Å². The van der Waals surface area contributed by atoms with Gasteiger partial charge in [-0.1, -0.05) is 41.5 Å². The van der Waals surface area contributed by atoms with Gasteiger partial charge in [0.05, 0.1) is 19.8 Å². The van der Waals surface area contributed by atoms with Crippen LogP contribution in [0.4, 0.5) is 0 Å². The summed E-state index contributed by atoms with van der Waals surface area (Å²) in [6.07, 6.45) is -8.12. The molecular weight excluding hydrogens is 716 g/mol. The maximum absolute atomic E-state index is 14.0. The van der Waals surface area contributed by atoms with E-state index in [1.54, 1.807) is 0 Å².